The maximum atomic E-state index is 12.5. The standard InChI is InChI=1S/C15H23FN2O5/c1-3-4-11-12(19)13(22-6-5-16)10(8-23-11)18-7-9(2)14(20)17-15(18)21/h7,10-13,19H,3-6,8H2,1-2H3,(H,17,20,21). The molecule has 1 aliphatic rings. The van der Waals surface area contributed by atoms with Crippen molar-refractivity contribution in [1.29, 1.82) is 0 Å². The molecular weight excluding hydrogens is 307 g/mol. The zero-order valence-electron chi connectivity index (χ0n) is 13.3. The Morgan fingerprint density at radius 3 is 2.91 bits per heavy atom. The number of alkyl halides is 1. The zero-order valence-corrected chi connectivity index (χ0v) is 13.3. The summed E-state index contributed by atoms with van der Waals surface area (Å²) in [7, 11) is 0. The molecule has 1 aromatic rings. The summed E-state index contributed by atoms with van der Waals surface area (Å²) in [4.78, 5) is 25.8. The van der Waals surface area contributed by atoms with E-state index in [0.717, 1.165) is 6.42 Å². The topological polar surface area (TPSA) is 93.6 Å². The molecule has 0 radical (unpaired) electrons. The van der Waals surface area contributed by atoms with Crippen molar-refractivity contribution in [3.63, 3.8) is 0 Å². The molecule has 0 aliphatic carbocycles. The van der Waals surface area contributed by atoms with Crippen LogP contribution in [-0.4, -0.2) is 52.9 Å². The van der Waals surface area contributed by atoms with E-state index in [9.17, 15) is 19.1 Å². The number of hydrogen-bond donors (Lipinski definition) is 2. The SMILES string of the molecule is CCCC1OCC(n2cc(C)c(=O)[nH]c2=O)C(OCCF)C1O. The summed E-state index contributed by atoms with van der Waals surface area (Å²) in [5, 5.41) is 10.5. The number of halogens is 1. The Bertz CT molecular complexity index is 629. The molecule has 130 valence electrons. The molecule has 23 heavy (non-hydrogen) atoms. The van der Waals surface area contributed by atoms with E-state index in [0.29, 0.717) is 12.0 Å². The number of aryl methyl sites for hydroxylation is 1. The van der Waals surface area contributed by atoms with Gasteiger partial charge in [-0.05, 0) is 13.3 Å². The molecular formula is C15H23FN2O5. The highest BCUT2D eigenvalue weighted by molar-refractivity contribution is 5.04. The van der Waals surface area contributed by atoms with Crippen molar-refractivity contribution in [3.8, 4) is 0 Å². The number of aromatic nitrogens is 2. The molecule has 0 aromatic carbocycles. The van der Waals surface area contributed by atoms with Crippen molar-refractivity contribution in [2.24, 2.45) is 0 Å². The quantitative estimate of drug-likeness (QED) is 0.782. The molecule has 0 spiro atoms. The lowest BCUT2D eigenvalue weighted by Gasteiger charge is -2.40. The minimum absolute atomic E-state index is 0.143. The molecule has 1 aromatic heterocycles. The molecule has 4 atom stereocenters. The molecule has 2 heterocycles. The highest BCUT2D eigenvalue weighted by Crippen LogP contribution is 2.28. The van der Waals surface area contributed by atoms with Gasteiger partial charge in [0.25, 0.3) is 5.56 Å². The Morgan fingerprint density at radius 2 is 2.26 bits per heavy atom. The van der Waals surface area contributed by atoms with Crippen LogP contribution in [0, 0.1) is 6.92 Å². The number of nitrogens with one attached hydrogen (secondary N) is 1. The molecule has 7 nitrogen and oxygen atoms in total. The number of rotatable bonds is 6. The first kappa shape index (κ1) is 17.8. The predicted molar refractivity (Wildman–Crippen MR) is 81.5 cm³/mol. The second-order valence-corrected chi connectivity index (χ2v) is 5.72. The van der Waals surface area contributed by atoms with Crippen molar-refractivity contribution in [2.45, 2.75) is 51.0 Å². The van der Waals surface area contributed by atoms with Gasteiger partial charge in [0.2, 0.25) is 0 Å². The van der Waals surface area contributed by atoms with Crippen LogP contribution in [0.1, 0.15) is 31.4 Å². The van der Waals surface area contributed by atoms with Crippen LogP contribution in [0.3, 0.4) is 0 Å². The number of ether oxygens (including phenoxy) is 2. The Morgan fingerprint density at radius 1 is 1.52 bits per heavy atom. The lowest BCUT2D eigenvalue weighted by Crippen LogP contribution is -2.54. The Kier molecular flexibility index (Phi) is 6.09. The number of aromatic amines is 1. The van der Waals surface area contributed by atoms with Crippen LogP contribution in [0.2, 0.25) is 0 Å². The van der Waals surface area contributed by atoms with Gasteiger partial charge in [-0.3, -0.25) is 14.3 Å². The average Bonchev–Trinajstić information content (AvgIpc) is 2.52. The maximum absolute atomic E-state index is 12.5. The monoisotopic (exact) mass is 330 g/mol. The van der Waals surface area contributed by atoms with Crippen LogP contribution in [0.15, 0.2) is 15.8 Å². The third kappa shape index (κ3) is 3.88. The second kappa shape index (κ2) is 7.85. The largest absolute Gasteiger partial charge is 0.388 e. The van der Waals surface area contributed by atoms with E-state index >= 15 is 0 Å². The summed E-state index contributed by atoms with van der Waals surface area (Å²) in [6.45, 7) is 2.83. The summed E-state index contributed by atoms with van der Waals surface area (Å²) in [5.74, 6) is 0. The summed E-state index contributed by atoms with van der Waals surface area (Å²) in [6, 6.07) is -0.632. The van der Waals surface area contributed by atoms with Gasteiger partial charge in [0, 0.05) is 11.8 Å². The number of aliphatic hydroxyl groups excluding tert-OH is 1. The van der Waals surface area contributed by atoms with E-state index in [4.69, 9.17) is 9.47 Å². The summed E-state index contributed by atoms with van der Waals surface area (Å²) in [5.41, 5.74) is -0.711. The van der Waals surface area contributed by atoms with Crippen molar-refractivity contribution in [2.75, 3.05) is 19.9 Å². The smallest absolute Gasteiger partial charge is 0.328 e. The minimum atomic E-state index is -0.973. The summed E-state index contributed by atoms with van der Waals surface area (Å²) < 4.78 is 24.9. The highest BCUT2D eigenvalue weighted by Gasteiger charge is 2.41. The molecule has 0 saturated carbocycles. The highest BCUT2D eigenvalue weighted by atomic mass is 19.1. The van der Waals surface area contributed by atoms with Crippen LogP contribution < -0.4 is 11.2 Å². The van der Waals surface area contributed by atoms with Gasteiger partial charge >= 0.3 is 5.69 Å². The Labute approximate surface area is 133 Å². The average molecular weight is 330 g/mol. The lowest BCUT2D eigenvalue weighted by atomic mass is 9.95. The predicted octanol–water partition coefficient (Wildman–Crippen LogP) is 0.301. The van der Waals surface area contributed by atoms with Crippen molar-refractivity contribution >= 4 is 0 Å². The fourth-order valence-corrected chi connectivity index (χ4v) is 2.85. The van der Waals surface area contributed by atoms with Gasteiger partial charge in [0.05, 0.1) is 25.4 Å². The first-order valence-electron chi connectivity index (χ1n) is 7.78. The fourth-order valence-electron chi connectivity index (χ4n) is 2.85. The fraction of sp³-hybridized carbons (Fsp3) is 0.733. The van der Waals surface area contributed by atoms with Crippen LogP contribution in [0.5, 0.6) is 0 Å². The van der Waals surface area contributed by atoms with Gasteiger partial charge in [-0.2, -0.15) is 0 Å². The third-order valence-corrected chi connectivity index (χ3v) is 4.04. The van der Waals surface area contributed by atoms with Gasteiger partial charge < -0.3 is 14.6 Å². The van der Waals surface area contributed by atoms with E-state index in [1.807, 2.05) is 6.92 Å². The van der Waals surface area contributed by atoms with E-state index in [1.54, 1.807) is 6.92 Å². The van der Waals surface area contributed by atoms with Crippen LogP contribution in [0.25, 0.3) is 0 Å². The number of hydrogen-bond acceptors (Lipinski definition) is 5. The molecule has 1 aliphatic heterocycles. The zero-order chi connectivity index (χ0) is 17.0. The van der Waals surface area contributed by atoms with E-state index in [-0.39, 0.29) is 13.2 Å². The van der Waals surface area contributed by atoms with Gasteiger partial charge in [-0.1, -0.05) is 13.3 Å². The molecule has 2 rings (SSSR count). The molecule has 1 fully saturated rings. The van der Waals surface area contributed by atoms with E-state index in [1.165, 1.54) is 10.8 Å². The lowest BCUT2D eigenvalue weighted by molar-refractivity contribution is -0.180. The first-order chi connectivity index (χ1) is 11.0. The van der Waals surface area contributed by atoms with Crippen molar-refractivity contribution in [3.05, 3.63) is 32.6 Å². The second-order valence-electron chi connectivity index (χ2n) is 5.72. The molecule has 8 heteroatoms. The van der Waals surface area contributed by atoms with Crippen LogP contribution >= 0.6 is 0 Å². The maximum Gasteiger partial charge on any atom is 0.328 e. The normalized spacial score (nSPS) is 28.0. The summed E-state index contributed by atoms with van der Waals surface area (Å²) in [6.07, 6.45) is 0.704. The Balaban J connectivity index is 2.33. The summed E-state index contributed by atoms with van der Waals surface area (Å²) >= 11 is 0. The molecule has 4 unspecified atom stereocenters. The molecule has 0 amide bonds. The number of nitrogens with zero attached hydrogens (tertiary/aromatic N) is 1. The van der Waals surface area contributed by atoms with Crippen LogP contribution in [-0.2, 0) is 9.47 Å². The van der Waals surface area contributed by atoms with Gasteiger partial charge in [-0.15, -0.1) is 0 Å². The molecule has 0 bridgehead atoms. The Hall–Kier alpha value is -1.51. The van der Waals surface area contributed by atoms with E-state index in [2.05, 4.69) is 4.98 Å². The van der Waals surface area contributed by atoms with Crippen molar-refractivity contribution < 1.29 is 19.0 Å². The first-order valence-corrected chi connectivity index (χ1v) is 7.78. The third-order valence-electron chi connectivity index (χ3n) is 4.04. The van der Waals surface area contributed by atoms with Crippen molar-refractivity contribution in [1.82, 2.24) is 9.55 Å². The van der Waals surface area contributed by atoms with E-state index < -0.39 is 42.3 Å². The van der Waals surface area contributed by atoms with Gasteiger partial charge in [-0.25, -0.2) is 9.18 Å². The van der Waals surface area contributed by atoms with Gasteiger partial charge in [0.1, 0.15) is 18.9 Å². The minimum Gasteiger partial charge on any atom is -0.388 e. The molecule has 1 saturated heterocycles. The molecule has 2 N–H and O–H groups in total. The number of aliphatic hydroxyl groups is 1. The van der Waals surface area contributed by atoms with Crippen LogP contribution in [0.4, 0.5) is 4.39 Å². The van der Waals surface area contributed by atoms with Gasteiger partial charge in [0.15, 0.2) is 0 Å². The number of H-pyrrole nitrogens is 1.